The Kier molecular flexibility index (Phi) is 3.94. The van der Waals surface area contributed by atoms with E-state index in [-0.39, 0.29) is 0 Å². The molecule has 0 aromatic heterocycles. The van der Waals surface area contributed by atoms with Gasteiger partial charge in [0.05, 0.1) is 0 Å². The SMILES string of the molecule is Cc1ccc(C)c(CN(C)C(C)(C)C(=O)O)c1. The number of hydrogen-bond donors (Lipinski definition) is 1. The van der Waals surface area contributed by atoms with Gasteiger partial charge in [-0.2, -0.15) is 0 Å². The van der Waals surface area contributed by atoms with E-state index >= 15 is 0 Å². The molecule has 0 fully saturated rings. The molecule has 1 aromatic rings. The molecule has 94 valence electrons. The summed E-state index contributed by atoms with van der Waals surface area (Å²) in [6.45, 7) is 8.19. The van der Waals surface area contributed by atoms with Gasteiger partial charge in [0.1, 0.15) is 5.54 Å². The van der Waals surface area contributed by atoms with E-state index in [2.05, 4.69) is 25.1 Å². The Hall–Kier alpha value is -1.35. The third kappa shape index (κ3) is 3.07. The van der Waals surface area contributed by atoms with Gasteiger partial charge in [-0.15, -0.1) is 0 Å². The molecule has 0 aliphatic carbocycles. The first-order valence-electron chi connectivity index (χ1n) is 5.76. The molecule has 17 heavy (non-hydrogen) atoms. The Labute approximate surface area is 103 Å². The lowest BCUT2D eigenvalue weighted by molar-refractivity contribution is -0.148. The Morgan fingerprint density at radius 1 is 1.35 bits per heavy atom. The highest BCUT2D eigenvalue weighted by atomic mass is 16.4. The molecule has 1 rings (SSSR count). The summed E-state index contributed by atoms with van der Waals surface area (Å²) in [7, 11) is 1.84. The van der Waals surface area contributed by atoms with Gasteiger partial charge in [0.25, 0.3) is 0 Å². The normalized spacial score (nSPS) is 11.9. The van der Waals surface area contributed by atoms with Gasteiger partial charge in [-0.05, 0) is 45.9 Å². The number of aryl methyl sites for hydroxylation is 2. The molecule has 0 radical (unpaired) electrons. The van der Waals surface area contributed by atoms with Crippen molar-refractivity contribution in [2.24, 2.45) is 0 Å². The fraction of sp³-hybridized carbons (Fsp3) is 0.500. The molecule has 0 atom stereocenters. The summed E-state index contributed by atoms with van der Waals surface area (Å²) in [5.74, 6) is -0.801. The molecule has 0 spiro atoms. The minimum absolute atomic E-state index is 0.646. The highest BCUT2D eigenvalue weighted by Crippen LogP contribution is 2.19. The predicted molar refractivity (Wildman–Crippen MR) is 69.1 cm³/mol. The molecule has 1 N–H and O–H groups in total. The summed E-state index contributed by atoms with van der Waals surface area (Å²) < 4.78 is 0. The summed E-state index contributed by atoms with van der Waals surface area (Å²) in [5, 5.41) is 9.17. The largest absolute Gasteiger partial charge is 0.480 e. The van der Waals surface area contributed by atoms with E-state index in [4.69, 9.17) is 0 Å². The van der Waals surface area contributed by atoms with Gasteiger partial charge in [0.2, 0.25) is 0 Å². The minimum Gasteiger partial charge on any atom is -0.480 e. The van der Waals surface area contributed by atoms with Crippen molar-refractivity contribution >= 4 is 5.97 Å². The number of likely N-dealkylation sites (N-methyl/N-ethyl adjacent to an activating group) is 1. The van der Waals surface area contributed by atoms with Crippen molar-refractivity contribution < 1.29 is 9.90 Å². The third-order valence-electron chi connectivity index (χ3n) is 3.39. The second-order valence-corrected chi connectivity index (χ2v) is 5.15. The Balaban J connectivity index is 2.91. The monoisotopic (exact) mass is 235 g/mol. The van der Waals surface area contributed by atoms with Gasteiger partial charge >= 0.3 is 5.97 Å². The van der Waals surface area contributed by atoms with E-state index < -0.39 is 11.5 Å². The molecule has 0 amide bonds. The molecule has 0 saturated carbocycles. The number of rotatable bonds is 4. The van der Waals surface area contributed by atoms with Gasteiger partial charge in [-0.3, -0.25) is 9.69 Å². The topological polar surface area (TPSA) is 40.5 Å². The van der Waals surface area contributed by atoms with Crippen LogP contribution in [0.1, 0.15) is 30.5 Å². The average molecular weight is 235 g/mol. The fourth-order valence-electron chi connectivity index (χ4n) is 1.59. The number of carboxylic acids is 1. The summed E-state index contributed by atoms with van der Waals surface area (Å²) in [5.41, 5.74) is 2.73. The molecule has 0 heterocycles. The maximum absolute atomic E-state index is 11.2. The lowest BCUT2D eigenvalue weighted by atomic mass is 10.0. The van der Waals surface area contributed by atoms with E-state index in [1.165, 1.54) is 16.7 Å². The van der Waals surface area contributed by atoms with Crippen LogP contribution in [-0.4, -0.2) is 28.6 Å². The van der Waals surface area contributed by atoms with Gasteiger partial charge in [-0.1, -0.05) is 23.8 Å². The lowest BCUT2D eigenvalue weighted by Gasteiger charge is -2.32. The summed E-state index contributed by atoms with van der Waals surface area (Å²) in [6.07, 6.45) is 0. The maximum atomic E-state index is 11.2. The van der Waals surface area contributed by atoms with Crippen LogP contribution >= 0.6 is 0 Å². The fourth-order valence-corrected chi connectivity index (χ4v) is 1.59. The highest BCUT2D eigenvalue weighted by Gasteiger charge is 2.31. The number of benzene rings is 1. The zero-order valence-electron chi connectivity index (χ0n) is 11.2. The number of nitrogens with zero attached hydrogens (tertiary/aromatic N) is 1. The first-order chi connectivity index (χ1) is 7.75. The third-order valence-corrected chi connectivity index (χ3v) is 3.39. The molecule has 0 saturated heterocycles. The van der Waals surface area contributed by atoms with Gasteiger partial charge in [0, 0.05) is 6.54 Å². The minimum atomic E-state index is -0.851. The van der Waals surface area contributed by atoms with Crippen LogP contribution in [0.3, 0.4) is 0 Å². The average Bonchev–Trinajstić information content (AvgIpc) is 2.23. The molecule has 1 aromatic carbocycles. The van der Waals surface area contributed by atoms with Gasteiger partial charge in [0.15, 0.2) is 0 Å². The Morgan fingerprint density at radius 3 is 2.47 bits per heavy atom. The second kappa shape index (κ2) is 4.88. The van der Waals surface area contributed by atoms with E-state index in [1.54, 1.807) is 13.8 Å². The lowest BCUT2D eigenvalue weighted by Crippen LogP contribution is -2.47. The van der Waals surface area contributed by atoms with E-state index in [9.17, 15) is 9.90 Å². The van der Waals surface area contributed by atoms with Crippen LogP contribution in [0.5, 0.6) is 0 Å². The van der Waals surface area contributed by atoms with Gasteiger partial charge < -0.3 is 5.11 Å². The van der Waals surface area contributed by atoms with Crippen molar-refractivity contribution in [3.8, 4) is 0 Å². The zero-order valence-corrected chi connectivity index (χ0v) is 11.2. The van der Waals surface area contributed by atoms with E-state index in [0.717, 1.165) is 0 Å². The number of hydrogen-bond acceptors (Lipinski definition) is 2. The number of carboxylic acid groups (broad SMARTS) is 1. The van der Waals surface area contributed by atoms with Crippen molar-refractivity contribution in [2.45, 2.75) is 39.8 Å². The molecule has 0 aliphatic rings. The standard InChI is InChI=1S/C14H21NO2/c1-10-6-7-11(2)12(8-10)9-15(5)14(3,4)13(16)17/h6-8H,9H2,1-5H3,(H,16,17). The van der Waals surface area contributed by atoms with Crippen LogP contribution in [0.15, 0.2) is 18.2 Å². The molecule has 3 heteroatoms. The van der Waals surface area contributed by atoms with Crippen LogP contribution in [0.2, 0.25) is 0 Å². The summed E-state index contributed by atoms with van der Waals surface area (Å²) in [6, 6.07) is 6.26. The Bertz CT molecular complexity index is 424. The first-order valence-corrected chi connectivity index (χ1v) is 5.76. The predicted octanol–water partition coefficient (Wildman–Crippen LogP) is 2.60. The molecular weight excluding hydrogens is 214 g/mol. The molecule has 0 aliphatic heterocycles. The summed E-state index contributed by atoms with van der Waals surface area (Å²) in [4.78, 5) is 13.0. The van der Waals surface area contributed by atoms with E-state index in [1.807, 2.05) is 18.9 Å². The van der Waals surface area contributed by atoms with Crippen LogP contribution in [0.25, 0.3) is 0 Å². The number of carbonyl (C=O) groups is 1. The van der Waals surface area contributed by atoms with Crippen LogP contribution < -0.4 is 0 Å². The number of aliphatic carboxylic acids is 1. The Morgan fingerprint density at radius 2 is 1.94 bits per heavy atom. The zero-order chi connectivity index (χ0) is 13.2. The molecule has 3 nitrogen and oxygen atoms in total. The smallest absolute Gasteiger partial charge is 0.323 e. The summed E-state index contributed by atoms with van der Waals surface area (Å²) >= 11 is 0. The van der Waals surface area contributed by atoms with Crippen molar-refractivity contribution in [1.82, 2.24) is 4.90 Å². The first kappa shape index (κ1) is 13.7. The van der Waals surface area contributed by atoms with E-state index in [0.29, 0.717) is 6.54 Å². The van der Waals surface area contributed by atoms with Crippen molar-refractivity contribution in [3.05, 3.63) is 34.9 Å². The van der Waals surface area contributed by atoms with Crippen LogP contribution in [0, 0.1) is 13.8 Å². The molecule has 0 unspecified atom stereocenters. The molecular formula is C14H21NO2. The van der Waals surface area contributed by atoms with Crippen LogP contribution in [0.4, 0.5) is 0 Å². The van der Waals surface area contributed by atoms with Crippen molar-refractivity contribution in [3.63, 3.8) is 0 Å². The van der Waals surface area contributed by atoms with Gasteiger partial charge in [-0.25, -0.2) is 0 Å². The highest BCUT2D eigenvalue weighted by molar-refractivity contribution is 5.77. The maximum Gasteiger partial charge on any atom is 0.323 e. The quantitative estimate of drug-likeness (QED) is 0.872. The second-order valence-electron chi connectivity index (χ2n) is 5.15. The van der Waals surface area contributed by atoms with Crippen molar-refractivity contribution in [1.29, 1.82) is 0 Å². The molecule has 0 bridgehead atoms. The van der Waals surface area contributed by atoms with Crippen molar-refractivity contribution in [2.75, 3.05) is 7.05 Å². The van der Waals surface area contributed by atoms with Crippen LogP contribution in [-0.2, 0) is 11.3 Å².